The van der Waals surface area contributed by atoms with Gasteiger partial charge in [-0.3, -0.25) is 0 Å². The van der Waals surface area contributed by atoms with Crippen molar-refractivity contribution >= 4 is 15.9 Å². The number of rotatable bonds is 3. The molecular weight excluding hydrogens is 278 g/mol. The molecule has 2 aromatic rings. The Balaban J connectivity index is 2.31. The molecule has 17 heavy (non-hydrogen) atoms. The molecule has 3 nitrogen and oxygen atoms in total. The van der Waals surface area contributed by atoms with Crippen LogP contribution in [0.3, 0.4) is 0 Å². The summed E-state index contributed by atoms with van der Waals surface area (Å²) in [5.41, 5.74) is 9.09. The third kappa shape index (κ3) is 2.96. The van der Waals surface area contributed by atoms with Gasteiger partial charge in [0.1, 0.15) is 0 Å². The molecule has 0 bridgehead atoms. The Kier molecular flexibility index (Phi) is 3.64. The zero-order chi connectivity index (χ0) is 12.4. The summed E-state index contributed by atoms with van der Waals surface area (Å²) in [6, 6.07) is 8.44. The molecule has 0 aliphatic heterocycles. The van der Waals surface area contributed by atoms with Crippen molar-refractivity contribution in [2.24, 2.45) is 5.73 Å². The summed E-state index contributed by atoms with van der Waals surface area (Å²) < 4.78 is 2.91. The second-order valence-electron chi connectivity index (χ2n) is 4.37. The zero-order valence-corrected chi connectivity index (χ0v) is 11.6. The van der Waals surface area contributed by atoms with Gasteiger partial charge in [0.25, 0.3) is 0 Å². The van der Waals surface area contributed by atoms with Crippen molar-refractivity contribution in [1.29, 1.82) is 0 Å². The molecular formula is C13H16BrN3. The van der Waals surface area contributed by atoms with Gasteiger partial charge in [0.05, 0.1) is 11.4 Å². The van der Waals surface area contributed by atoms with E-state index < -0.39 is 0 Å². The molecule has 0 fully saturated rings. The molecule has 1 aromatic carbocycles. The first-order valence-electron chi connectivity index (χ1n) is 5.63. The molecule has 0 amide bonds. The lowest BCUT2D eigenvalue weighted by Crippen LogP contribution is -2.17. The fourth-order valence-corrected chi connectivity index (χ4v) is 2.39. The van der Waals surface area contributed by atoms with E-state index in [-0.39, 0.29) is 6.04 Å². The molecule has 1 unspecified atom stereocenters. The average molecular weight is 294 g/mol. The van der Waals surface area contributed by atoms with Crippen LogP contribution in [-0.2, 0) is 6.42 Å². The van der Waals surface area contributed by atoms with Crippen LogP contribution in [-0.4, -0.2) is 15.8 Å². The predicted octanol–water partition coefficient (Wildman–Crippen LogP) is 2.83. The molecule has 0 saturated heterocycles. The van der Waals surface area contributed by atoms with E-state index in [0.29, 0.717) is 0 Å². The molecule has 1 atom stereocenters. The van der Waals surface area contributed by atoms with E-state index in [0.717, 1.165) is 22.3 Å². The summed E-state index contributed by atoms with van der Waals surface area (Å²) in [5, 5.41) is 4.39. The van der Waals surface area contributed by atoms with E-state index >= 15 is 0 Å². The van der Waals surface area contributed by atoms with E-state index in [9.17, 15) is 0 Å². The number of halogens is 1. The lowest BCUT2D eigenvalue weighted by atomic mass is 10.1. The number of nitrogens with two attached hydrogens (primary N) is 1. The third-order valence-electron chi connectivity index (χ3n) is 2.54. The maximum atomic E-state index is 5.79. The number of benzene rings is 1. The van der Waals surface area contributed by atoms with Crippen molar-refractivity contribution in [3.05, 3.63) is 46.2 Å². The summed E-state index contributed by atoms with van der Waals surface area (Å²) in [4.78, 5) is 0. The van der Waals surface area contributed by atoms with Gasteiger partial charge in [0, 0.05) is 16.7 Å². The number of nitrogens with zero attached hydrogens (tertiary/aromatic N) is 2. The lowest BCUT2D eigenvalue weighted by Gasteiger charge is -2.09. The molecule has 0 saturated carbocycles. The Morgan fingerprint density at radius 3 is 2.71 bits per heavy atom. The minimum absolute atomic E-state index is 0.180. The number of aromatic nitrogens is 2. The summed E-state index contributed by atoms with van der Waals surface area (Å²) in [5.74, 6) is 0. The topological polar surface area (TPSA) is 43.8 Å². The van der Waals surface area contributed by atoms with Crippen LogP contribution in [0, 0.1) is 6.92 Å². The Morgan fingerprint density at radius 1 is 1.41 bits per heavy atom. The largest absolute Gasteiger partial charge is 0.328 e. The van der Waals surface area contributed by atoms with Crippen LogP contribution in [0.15, 0.2) is 34.9 Å². The fourth-order valence-electron chi connectivity index (χ4n) is 1.78. The van der Waals surface area contributed by atoms with Gasteiger partial charge in [0.2, 0.25) is 0 Å². The van der Waals surface area contributed by atoms with Gasteiger partial charge < -0.3 is 5.73 Å². The van der Waals surface area contributed by atoms with Crippen molar-refractivity contribution in [1.82, 2.24) is 9.78 Å². The molecule has 0 aliphatic carbocycles. The standard InChI is InChI=1S/C13H16BrN3/c1-9(15)7-11-3-4-13(12(14)8-11)17-6-5-10(2)16-17/h3-6,8-9H,7,15H2,1-2H3. The van der Waals surface area contributed by atoms with Gasteiger partial charge in [-0.25, -0.2) is 4.68 Å². The monoisotopic (exact) mass is 293 g/mol. The SMILES string of the molecule is Cc1ccn(-c2ccc(CC(C)N)cc2Br)n1. The van der Waals surface area contributed by atoms with Gasteiger partial charge in [-0.2, -0.15) is 5.10 Å². The van der Waals surface area contributed by atoms with Crippen LogP contribution in [0.2, 0.25) is 0 Å². The molecule has 0 radical (unpaired) electrons. The van der Waals surface area contributed by atoms with E-state index in [1.165, 1.54) is 5.56 Å². The van der Waals surface area contributed by atoms with Crippen molar-refractivity contribution < 1.29 is 0 Å². The molecule has 0 spiro atoms. The summed E-state index contributed by atoms with van der Waals surface area (Å²) >= 11 is 3.58. The maximum Gasteiger partial charge on any atom is 0.0787 e. The van der Waals surface area contributed by atoms with Crippen LogP contribution < -0.4 is 5.73 Å². The number of hydrogen-bond acceptors (Lipinski definition) is 2. The van der Waals surface area contributed by atoms with Crippen molar-refractivity contribution in [2.75, 3.05) is 0 Å². The average Bonchev–Trinajstić information content (AvgIpc) is 2.64. The van der Waals surface area contributed by atoms with Crippen LogP contribution in [0.4, 0.5) is 0 Å². The normalized spacial score (nSPS) is 12.7. The molecule has 2 rings (SSSR count). The highest BCUT2D eigenvalue weighted by Crippen LogP contribution is 2.22. The Bertz CT molecular complexity index is 517. The van der Waals surface area contributed by atoms with Crippen LogP contribution in [0.5, 0.6) is 0 Å². The van der Waals surface area contributed by atoms with Crippen molar-refractivity contribution in [3.63, 3.8) is 0 Å². The fraction of sp³-hybridized carbons (Fsp3) is 0.308. The summed E-state index contributed by atoms with van der Waals surface area (Å²) in [7, 11) is 0. The van der Waals surface area contributed by atoms with Gasteiger partial charge in [-0.05, 0) is 60.0 Å². The van der Waals surface area contributed by atoms with Crippen LogP contribution in [0.25, 0.3) is 5.69 Å². The highest BCUT2D eigenvalue weighted by molar-refractivity contribution is 9.10. The quantitative estimate of drug-likeness (QED) is 0.946. The van der Waals surface area contributed by atoms with Crippen molar-refractivity contribution in [3.8, 4) is 5.69 Å². The maximum absolute atomic E-state index is 5.79. The van der Waals surface area contributed by atoms with Crippen molar-refractivity contribution in [2.45, 2.75) is 26.3 Å². The van der Waals surface area contributed by atoms with Gasteiger partial charge >= 0.3 is 0 Å². The predicted molar refractivity (Wildman–Crippen MR) is 73.4 cm³/mol. The van der Waals surface area contributed by atoms with Gasteiger partial charge in [-0.1, -0.05) is 6.07 Å². The Hall–Kier alpha value is -1.13. The van der Waals surface area contributed by atoms with E-state index in [1.807, 2.05) is 30.8 Å². The van der Waals surface area contributed by atoms with E-state index in [1.54, 1.807) is 0 Å². The minimum Gasteiger partial charge on any atom is -0.328 e. The van der Waals surface area contributed by atoms with Crippen LogP contribution in [0.1, 0.15) is 18.2 Å². The highest BCUT2D eigenvalue weighted by Gasteiger charge is 2.06. The smallest absolute Gasteiger partial charge is 0.0787 e. The lowest BCUT2D eigenvalue weighted by molar-refractivity contribution is 0.737. The Labute approximate surface area is 110 Å². The first-order chi connectivity index (χ1) is 8.06. The molecule has 2 N–H and O–H groups in total. The van der Waals surface area contributed by atoms with Gasteiger partial charge in [-0.15, -0.1) is 0 Å². The third-order valence-corrected chi connectivity index (χ3v) is 3.17. The molecule has 1 heterocycles. The molecule has 1 aromatic heterocycles. The second kappa shape index (κ2) is 5.02. The van der Waals surface area contributed by atoms with E-state index in [2.05, 4.69) is 39.2 Å². The first-order valence-corrected chi connectivity index (χ1v) is 6.42. The second-order valence-corrected chi connectivity index (χ2v) is 5.22. The summed E-state index contributed by atoms with van der Waals surface area (Å²) in [6.45, 7) is 3.99. The highest BCUT2D eigenvalue weighted by atomic mass is 79.9. The van der Waals surface area contributed by atoms with E-state index in [4.69, 9.17) is 5.73 Å². The molecule has 4 heteroatoms. The molecule has 0 aliphatic rings. The minimum atomic E-state index is 0.180. The van der Waals surface area contributed by atoms with Gasteiger partial charge in [0.15, 0.2) is 0 Å². The van der Waals surface area contributed by atoms with Crippen LogP contribution >= 0.6 is 15.9 Å². The zero-order valence-electron chi connectivity index (χ0n) is 10.0. The Morgan fingerprint density at radius 2 is 2.18 bits per heavy atom. The summed E-state index contributed by atoms with van der Waals surface area (Å²) in [6.07, 6.45) is 2.84. The number of hydrogen-bond donors (Lipinski definition) is 1. The number of aryl methyl sites for hydroxylation is 1. The molecule has 90 valence electrons. The first kappa shape index (κ1) is 12.3.